The van der Waals surface area contributed by atoms with Crippen LogP contribution in [0.25, 0.3) is 0 Å². The second-order valence-electron chi connectivity index (χ2n) is 2.29. The van der Waals surface area contributed by atoms with E-state index in [0.29, 0.717) is 0 Å². The van der Waals surface area contributed by atoms with Gasteiger partial charge in [-0.25, -0.2) is 8.78 Å². The van der Waals surface area contributed by atoms with Crippen LogP contribution in [0, 0.1) is 11.6 Å². The van der Waals surface area contributed by atoms with E-state index in [0.717, 1.165) is 12.1 Å². The number of ketones is 1. The fraction of sp³-hybridized carbons (Fsp3) is 0. The van der Waals surface area contributed by atoms with Gasteiger partial charge in [-0.1, -0.05) is 6.58 Å². The molecular formula is C9H5BrF2O. The molecule has 1 aromatic rings. The van der Waals surface area contributed by atoms with Crippen molar-refractivity contribution < 1.29 is 13.6 Å². The van der Waals surface area contributed by atoms with Crippen molar-refractivity contribution in [1.29, 1.82) is 0 Å². The van der Waals surface area contributed by atoms with E-state index in [1.807, 2.05) is 0 Å². The SMILES string of the molecule is C=CC(=O)c1ccc(F)c(F)c1Br. The smallest absolute Gasteiger partial charge is 0.186 e. The first kappa shape index (κ1) is 10.1. The van der Waals surface area contributed by atoms with Gasteiger partial charge < -0.3 is 0 Å². The van der Waals surface area contributed by atoms with Gasteiger partial charge in [0, 0.05) is 5.56 Å². The second-order valence-corrected chi connectivity index (χ2v) is 3.08. The van der Waals surface area contributed by atoms with Gasteiger partial charge in [-0.3, -0.25) is 4.79 Å². The van der Waals surface area contributed by atoms with Crippen molar-refractivity contribution in [2.75, 3.05) is 0 Å². The lowest BCUT2D eigenvalue weighted by atomic mass is 10.1. The molecule has 0 aromatic heterocycles. The molecule has 68 valence electrons. The molecule has 0 atom stereocenters. The molecule has 0 N–H and O–H groups in total. The average molecular weight is 247 g/mol. The Hall–Kier alpha value is -1.03. The van der Waals surface area contributed by atoms with E-state index in [-0.39, 0.29) is 10.0 Å². The van der Waals surface area contributed by atoms with Crippen molar-refractivity contribution in [2.45, 2.75) is 0 Å². The minimum atomic E-state index is -1.06. The molecule has 0 radical (unpaired) electrons. The van der Waals surface area contributed by atoms with Gasteiger partial charge in [0.05, 0.1) is 4.47 Å². The molecular weight excluding hydrogens is 242 g/mol. The molecule has 13 heavy (non-hydrogen) atoms. The Bertz CT molecular complexity index is 374. The largest absolute Gasteiger partial charge is 0.289 e. The Morgan fingerprint density at radius 3 is 2.62 bits per heavy atom. The normalized spacial score (nSPS) is 9.77. The summed E-state index contributed by atoms with van der Waals surface area (Å²) >= 11 is 2.79. The Labute approximate surface area is 82.2 Å². The number of allylic oxidation sites excluding steroid dienone is 1. The number of hydrogen-bond acceptors (Lipinski definition) is 1. The second kappa shape index (κ2) is 3.79. The number of rotatable bonds is 2. The minimum absolute atomic E-state index is 0.0638. The molecule has 1 nitrogen and oxygen atoms in total. The van der Waals surface area contributed by atoms with Gasteiger partial charge in [-0.2, -0.15) is 0 Å². The van der Waals surface area contributed by atoms with Gasteiger partial charge in [0.15, 0.2) is 17.4 Å². The van der Waals surface area contributed by atoms with Crippen LogP contribution in [0.15, 0.2) is 29.3 Å². The lowest BCUT2D eigenvalue weighted by molar-refractivity contribution is 0.104. The number of hydrogen-bond donors (Lipinski definition) is 0. The Kier molecular flexibility index (Phi) is 2.93. The van der Waals surface area contributed by atoms with Crippen LogP contribution in [-0.2, 0) is 0 Å². The molecule has 1 rings (SSSR count). The van der Waals surface area contributed by atoms with Crippen LogP contribution >= 0.6 is 15.9 Å². The van der Waals surface area contributed by atoms with Crippen LogP contribution < -0.4 is 0 Å². The summed E-state index contributed by atoms with van der Waals surface area (Å²) in [6, 6.07) is 2.10. The van der Waals surface area contributed by atoms with Gasteiger partial charge in [0.1, 0.15) is 0 Å². The van der Waals surface area contributed by atoms with Gasteiger partial charge in [-0.05, 0) is 34.1 Å². The van der Waals surface area contributed by atoms with Crippen molar-refractivity contribution >= 4 is 21.7 Å². The monoisotopic (exact) mass is 246 g/mol. The number of benzene rings is 1. The summed E-state index contributed by atoms with van der Waals surface area (Å²) in [5.74, 6) is -2.51. The van der Waals surface area contributed by atoms with Gasteiger partial charge in [-0.15, -0.1) is 0 Å². The number of carbonyl (C=O) groups is 1. The number of carbonyl (C=O) groups excluding carboxylic acids is 1. The van der Waals surface area contributed by atoms with Crippen molar-refractivity contribution in [1.82, 2.24) is 0 Å². The minimum Gasteiger partial charge on any atom is -0.289 e. The van der Waals surface area contributed by atoms with Crippen molar-refractivity contribution in [3.63, 3.8) is 0 Å². The van der Waals surface area contributed by atoms with E-state index < -0.39 is 17.4 Å². The van der Waals surface area contributed by atoms with Gasteiger partial charge >= 0.3 is 0 Å². The molecule has 0 aliphatic heterocycles. The summed E-state index contributed by atoms with van der Waals surface area (Å²) in [6.07, 6.45) is 1.04. The summed E-state index contributed by atoms with van der Waals surface area (Å²) in [7, 11) is 0. The van der Waals surface area contributed by atoms with Crippen LogP contribution in [0.5, 0.6) is 0 Å². The Balaban J connectivity index is 3.33. The molecule has 0 unspecified atom stereocenters. The Morgan fingerprint density at radius 2 is 2.08 bits per heavy atom. The molecule has 0 aliphatic carbocycles. The Morgan fingerprint density at radius 1 is 1.46 bits per heavy atom. The van der Waals surface area contributed by atoms with E-state index in [2.05, 4.69) is 22.5 Å². The van der Waals surface area contributed by atoms with Crippen LogP contribution in [-0.4, -0.2) is 5.78 Å². The summed E-state index contributed by atoms with van der Waals surface area (Å²) in [5, 5.41) is 0. The predicted molar refractivity (Wildman–Crippen MR) is 48.6 cm³/mol. The first-order valence-corrected chi connectivity index (χ1v) is 4.17. The highest BCUT2D eigenvalue weighted by molar-refractivity contribution is 9.10. The highest BCUT2D eigenvalue weighted by Crippen LogP contribution is 2.23. The maximum absolute atomic E-state index is 12.9. The summed E-state index contributed by atoms with van der Waals surface area (Å²) in [5.41, 5.74) is 0.0638. The molecule has 0 spiro atoms. The fourth-order valence-electron chi connectivity index (χ4n) is 0.826. The molecule has 4 heteroatoms. The topological polar surface area (TPSA) is 17.1 Å². The maximum Gasteiger partial charge on any atom is 0.186 e. The van der Waals surface area contributed by atoms with E-state index in [4.69, 9.17) is 0 Å². The number of halogens is 3. The zero-order valence-electron chi connectivity index (χ0n) is 6.48. The van der Waals surface area contributed by atoms with Gasteiger partial charge in [0.25, 0.3) is 0 Å². The van der Waals surface area contributed by atoms with Crippen LogP contribution in [0.2, 0.25) is 0 Å². The summed E-state index contributed by atoms with van der Waals surface area (Å²) < 4.78 is 25.3. The molecule has 0 aliphatic rings. The fourth-order valence-corrected chi connectivity index (χ4v) is 1.34. The van der Waals surface area contributed by atoms with Crippen molar-refractivity contribution in [3.05, 3.63) is 46.5 Å². The quantitative estimate of drug-likeness (QED) is 0.446. The van der Waals surface area contributed by atoms with Gasteiger partial charge in [0.2, 0.25) is 0 Å². The summed E-state index contributed by atoms with van der Waals surface area (Å²) in [6.45, 7) is 3.24. The third-order valence-electron chi connectivity index (χ3n) is 1.49. The molecule has 1 aromatic carbocycles. The maximum atomic E-state index is 12.9. The van der Waals surface area contributed by atoms with Crippen molar-refractivity contribution in [3.8, 4) is 0 Å². The first-order valence-electron chi connectivity index (χ1n) is 3.38. The zero-order valence-corrected chi connectivity index (χ0v) is 8.07. The van der Waals surface area contributed by atoms with Crippen LogP contribution in [0.1, 0.15) is 10.4 Å². The summed E-state index contributed by atoms with van der Waals surface area (Å²) in [4.78, 5) is 11.1. The van der Waals surface area contributed by atoms with Crippen LogP contribution in [0.4, 0.5) is 8.78 Å². The highest BCUT2D eigenvalue weighted by atomic mass is 79.9. The highest BCUT2D eigenvalue weighted by Gasteiger charge is 2.14. The molecule has 0 fully saturated rings. The molecule has 0 bridgehead atoms. The third-order valence-corrected chi connectivity index (χ3v) is 2.26. The van der Waals surface area contributed by atoms with Crippen molar-refractivity contribution in [2.24, 2.45) is 0 Å². The first-order chi connectivity index (χ1) is 6.07. The molecule has 0 heterocycles. The standard InChI is InChI=1S/C9H5BrF2O/c1-2-7(13)5-3-4-6(11)9(12)8(5)10/h2-4H,1H2. The molecule has 0 saturated carbocycles. The van der Waals surface area contributed by atoms with E-state index in [1.54, 1.807) is 0 Å². The lowest BCUT2D eigenvalue weighted by Gasteiger charge is -2.01. The molecule has 0 saturated heterocycles. The van der Waals surface area contributed by atoms with Crippen LogP contribution in [0.3, 0.4) is 0 Å². The van der Waals surface area contributed by atoms with E-state index in [1.165, 1.54) is 6.07 Å². The zero-order chi connectivity index (χ0) is 10.0. The predicted octanol–water partition coefficient (Wildman–Crippen LogP) is 3.10. The van der Waals surface area contributed by atoms with E-state index >= 15 is 0 Å². The average Bonchev–Trinajstić information content (AvgIpc) is 2.13. The van der Waals surface area contributed by atoms with E-state index in [9.17, 15) is 13.6 Å². The molecule has 0 amide bonds. The third kappa shape index (κ3) is 1.83. The lowest BCUT2D eigenvalue weighted by Crippen LogP contribution is -1.98.